The molecule has 3 aromatic carbocycles. The molecule has 0 fully saturated rings. The van der Waals surface area contributed by atoms with Crippen molar-refractivity contribution in [3.63, 3.8) is 0 Å². The Balaban J connectivity index is 2.13. The zero-order chi connectivity index (χ0) is 28.6. The van der Waals surface area contributed by atoms with Crippen molar-refractivity contribution in [3.05, 3.63) is 104 Å². The molecule has 1 heterocycles. The molecule has 0 unspecified atom stereocenters. The van der Waals surface area contributed by atoms with Gasteiger partial charge in [-0.1, -0.05) is 0 Å². The zero-order valence-electron chi connectivity index (χ0n) is 17.3. The van der Waals surface area contributed by atoms with Gasteiger partial charge in [-0.05, 0) is 0 Å². The van der Waals surface area contributed by atoms with E-state index in [1.54, 1.807) is 0 Å². The molecule has 0 aliphatic carbocycles. The van der Waals surface area contributed by atoms with Crippen molar-refractivity contribution in [2.24, 2.45) is 4.99 Å². The molecule has 0 bridgehead atoms. The molecule has 1 aliphatic rings. The van der Waals surface area contributed by atoms with E-state index < -0.39 is 122 Å². The van der Waals surface area contributed by atoms with Gasteiger partial charge in [-0.15, -0.1) is 0 Å². The summed E-state index contributed by atoms with van der Waals surface area (Å²) in [5.41, 5.74) is -10.7. The molecule has 0 saturated heterocycles. The molecular weight excluding hydrogens is 565 g/mol. The van der Waals surface area contributed by atoms with Gasteiger partial charge in [0.1, 0.15) is 11.4 Å². The molecule has 0 aromatic heterocycles. The molecule has 3 aromatic rings. The molecule has 0 spiro atoms. The first kappa shape index (κ1) is 27.1. The summed E-state index contributed by atoms with van der Waals surface area (Å²) in [6.45, 7) is -1.85. The van der Waals surface area contributed by atoms with Crippen molar-refractivity contribution in [2.75, 3.05) is 6.54 Å². The maximum atomic E-state index is 14.8. The van der Waals surface area contributed by atoms with Crippen LogP contribution in [0.2, 0.25) is 0 Å². The molecule has 38 heavy (non-hydrogen) atoms. The van der Waals surface area contributed by atoms with E-state index >= 15 is 0 Å². The lowest BCUT2D eigenvalue weighted by molar-refractivity contribution is 0.320. The maximum absolute atomic E-state index is 14.8. The molecule has 0 atom stereocenters. The lowest BCUT2D eigenvalue weighted by Crippen LogP contribution is -2.48. The summed E-state index contributed by atoms with van der Waals surface area (Å²) in [5.74, 6) is -43.6. The predicted octanol–water partition coefficient (Wildman–Crippen LogP) is 6.07. The van der Waals surface area contributed by atoms with Crippen LogP contribution in [0.4, 0.5) is 65.9 Å². The number of nitrogens with one attached hydrogen (secondary N) is 1. The third-order valence-corrected chi connectivity index (χ3v) is 5.53. The van der Waals surface area contributed by atoms with Crippen LogP contribution >= 0.6 is 0 Å². The van der Waals surface area contributed by atoms with Crippen molar-refractivity contribution >= 4 is 5.84 Å². The second-order valence-corrected chi connectivity index (χ2v) is 7.53. The van der Waals surface area contributed by atoms with E-state index in [1.807, 2.05) is 0 Å². The Bertz CT molecular complexity index is 1420. The number of rotatable bonds is 3. The van der Waals surface area contributed by atoms with Gasteiger partial charge in [0.15, 0.2) is 69.8 Å². The SMILES string of the molecule is Fc1c(F)c(F)c(C2=NCC(c3c(F)c(F)c(F)c(F)c3F)(c3c(F)c(F)c(F)c(F)c3F)N2)c(F)c1F. The van der Waals surface area contributed by atoms with Crippen LogP contribution in [0.1, 0.15) is 16.7 Å². The summed E-state index contributed by atoms with van der Waals surface area (Å²) >= 11 is 0. The number of benzene rings is 3. The van der Waals surface area contributed by atoms with Crippen LogP contribution in [-0.2, 0) is 5.54 Å². The molecule has 1 N–H and O–H groups in total. The number of nitrogens with zero attached hydrogens (tertiary/aromatic N) is 1. The van der Waals surface area contributed by atoms with Gasteiger partial charge in [0.25, 0.3) is 0 Å². The van der Waals surface area contributed by atoms with E-state index in [2.05, 4.69) is 4.99 Å². The average Bonchev–Trinajstić information content (AvgIpc) is 3.31. The van der Waals surface area contributed by atoms with Crippen molar-refractivity contribution < 1.29 is 65.9 Å². The van der Waals surface area contributed by atoms with E-state index in [0.717, 1.165) is 0 Å². The summed E-state index contributed by atoms with van der Waals surface area (Å²) in [6.07, 6.45) is 0. The minimum absolute atomic E-state index is 1.36. The number of halogens is 15. The molecule has 0 saturated carbocycles. The maximum Gasteiger partial charge on any atom is 0.200 e. The summed E-state index contributed by atoms with van der Waals surface area (Å²) in [5, 5.41) is 1.36. The fourth-order valence-corrected chi connectivity index (χ4v) is 3.80. The van der Waals surface area contributed by atoms with Crippen molar-refractivity contribution in [2.45, 2.75) is 5.54 Å². The van der Waals surface area contributed by atoms with E-state index in [4.69, 9.17) is 0 Å². The van der Waals surface area contributed by atoms with Crippen molar-refractivity contribution in [1.29, 1.82) is 0 Å². The van der Waals surface area contributed by atoms with Crippen LogP contribution in [0.3, 0.4) is 0 Å². The summed E-state index contributed by atoms with van der Waals surface area (Å²) in [6, 6.07) is 0. The quantitative estimate of drug-likeness (QED) is 0.232. The largest absolute Gasteiger partial charge is 0.354 e. The fraction of sp³-hybridized carbons (Fsp3) is 0.0952. The third kappa shape index (κ3) is 3.43. The highest BCUT2D eigenvalue weighted by Crippen LogP contribution is 2.43. The first-order valence-electron chi connectivity index (χ1n) is 9.48. The molecule has 4 rings (SSSR count). The second-order valence-electron chi connectivity index (χ2n) is 7.53. The number of hydrogen-bond acceptors (Lipinski definition) is 2. The van der Waals surface area contributed by atoms with E-state index in [-0.39, 0.29) is 0 Å². The first-order chi connectivity index (χ1) is 17.6. The zero-order valence-corrected chi connectivity index (χ0v) is 17.3. The number of aliphatic imine (C=N–C) groups is 1. The van der Waals surface area contributed by atoms with Crippen LogP contribution in [0.25, 0.3) is 0 Å². The summed E-state index contributed by atoms with van der Waals surface area (Å²) < 4.78 is 212. The Labute approximate surface area is 199 Å². The molecule has 1 aliphatic heterocycles. The standard InChI is InChI=1S/C21H3F15N2/c22-5-2(6(23)12(29)17(34)11(5)28)20-37-1-21(38-20,3-7(24)13(30)18(35)14(31)8(3)25)4-9(26)15(32)19(36)16(33)10(4)27/h1H2,(H,37,38). The fourth-order valence-electron chi connectivity index (χ4n) is 3.80. The summed E-state index contributed by atoms with van der Waals surface area (Å²) in [7, 11) is 0. The molecular formula is C21H3F15N2. The highest BCUT2D eigenvalue weighted by Gasteiger charge is 2.52. The molecule has 0 radical (unpaired) electrons. The molecule has 202 valence electrons. The van der Waals surface area contributed by atoms with Gasteiger partial charge in [-0.2, -0.15) is 0 Å². The number of hydrogen-bond donors (Lipinski definition) is 1. The minimum Gasteiger partial charge on any atom is -0.354 e. The Morgan fingerprint density at radius 1 is 0.395 bits per heavy atom. The lowest BCUT2D eigenvalue weighted by Gasteiger charge is -2.32. The van der Waals surface area contributed by atoms with Gasteiger partial charge in [0, 0.05) is 0 Å². The average molecular weight is 568 g/mol. The van der Waals surface area contributed by atoms with Crippen LogP contribution < -0.4 is 5.32 Å². The van der Waals surface area contributed by atoms with Gasteiger partial charge in [0.05, 0.1) is 23.2 Å². The van der Waals surface area contributed by atoms with E-state index in [9.17, 15) is 65.9 Å². The van der Waals surface area contributed by atoms with Crippen molar-refractivity contribution in [1.82, 2.24) is 5.32 Å². The van der Waals surface area contributed by atoms with Crippen LogP contribution in [0.5, 0.6) is 0 Å². The Kier molecular flexibility index (Phi) is 6.31. The molecule has 2 nitrogen and oxygen atoms in total. The first-order valence-corrected chi connectivity index (χ1v) is 9.48. The summed E-state index contributed by atoms with van der Waals surface area (Å²) in [4.78, 5) is 3.10. The minimum atomic E-state index is -3.89. The topological polar surface area (TPSA) is 24.4 Å². The van der Waals surface area contributed by atoms with Gasteiger partial charge in [-0.25, -0.2) is 65.9 Å². The number of amidine groups is 1. The van der Waals surface area contributed by atoms with Crippen LogP contribution in [-0.4, -0.2) is 12.4 Å². The van der Waals surface area contributed by atoms with Crippen molar-refractivity contribution in [3.8, 4) is 0 Å². The predicted molar refractivity (Wildman–Crippen MR) is 94.0 cm³/mol. The normalized spacial score (nSPS) is 14.7. The smallest absolute Gasteiger partial charge is 0.200 e. The molecule has 0 amide bonds. The lowest BCUT2D eigenvalue weighted by atomic mass is 9.81. The monoisotopic (exact) mass is 568 g/mol. The van der Waals surface area contributed by atoms with Gasteiger partial charge >= 0.3 is 0 Å². The molecule has 17 heteroatoms. The highest BCUT2D eigenvalue weighted by molar-refractivity contribution is 6.01. The van der Waals surface area contributed by atoms with E-state index in [1.165, 1.54) is 5.32 Å². The van der Waals surface area contributed by atoms with Crippen LogP contribution in [0, 0.1) is 87.3 Å². The van der Waals surface area contributed by atoms with Gasteiger partial charge in [-0.3, -0.25) is 4.99 Å². The van der Waals surface area contributed by atoms with Gasteiger partial charge in [0.2, 0.25) is 17.5 Å². The Morgan fingerprint density at radius 2 is 0.658 bits per heavy atom. The van der Waals surface area contributed by atoms with E-state index in [0.29, 0.717) is 0 Å². The second kappa shape index (κ2) is 8.83. The Morgan fingerprint density at radius 3 is 0.974 bits per heavy atom. The van der Waals surface area contributed by atoms with Crippen LogP contribution in [0.15, 0.2) is 4.99 Å². The third-order valence-electron chi connectivity index (χ3n) is 5.53. The highest BCUT2D eigenvalue weighted by atomic mass is 19.2. The Hall–Kier alpha value is -3.92. The van der Waals surface area contributed by atoms with Gasteiger partial charge < -0.3 is 5.32 Å².